The third-order valence-electron chi connectivity index (χ3n) is 5.11. The number of carbonyl (C=O) groups is 2. The highest BCUT2D eigenvalue weighted by Crippen LogP contribution is 2.42. The molecule has 2 aromatic rings. The number of carbonyl (C=O) groups excluding carboxylic acids is 2. The molecule has 9 heteroatoms. The molecule has 1 atom stereocenters. The maximum absolute atomic E-state index is 13.0. The van der Waals surface area contributed by atoms with E-state index in [-0.39, 0.29) is 12.0 Å². The number of benzene rings is 1. The van der Waals surface area contributed by atoms with Crippen LogP contribution in [0.4, 0.5) is 9.80 Å². The van der Waals surface area contributed by atoms with Gasteiger partial charge in [-0.15, -0.1) is 11.3 Å². The average Bonchev–Trinajstić information content (AvgIpc) is 3.11. The van der Waals surface area contributed by atoms with Crippen LogP contribution in [-0.4, -0.2) is 44.3 Å². The van der Waals surface area contributed by atoms with Gasteiger partial charge >= 0.3 is 6.09 Å². The van der Waals surface area contributed by atoms with E-state index in [1.54, 1.807) is 26.0 Å². The molecule has 0 bridgehead atoms. The molecule has 2 aliphatic heterocycles. The van der Waals surface area contributed by atoms with Crippen molar-refractivity contribution in [2.45, 2.75) is 26.1 Å². The maximum Gasteiger partial charge on any atom is 0.410 e. The quantitative estimate of drug-likeness (QED) is 0.795. The Labute approximate surface area is 172 Å². The molecule has 0 unspecified atom stereocenters. The van der Waals surface area contributed by atoms with Crippen molar-refractivity contribution >= 4 is 28.3 Å². The second-order valence-electron chi connectivity index (χ2n) is 6.74. The zero-order valence-electron chi connectivity index (χ0n) is 16.5. The van der Waals surface area contributed by atoms with E-state index in [1.807, 2.05) is 18.2 Å². The van der Waals surface area contributed by atoms with Crippen LogP contribution >= 0.6 is 11.3 Å². The van der Waals surface area contributed by atoms with E-state index < -0.39 is 6.17 Å². The summed E-state index contributed by atoms with van der Waals surface area (Å²) in [6, 6.07) is 5.47. The van der Waals surface area contributed by atoms with E-state index in [4.69, 9.17) is 14.2 Å². The molecule has 3 heterocycles. The maximum atomic E-state index is 13.0. The number of rotatable bonds is 4. The lowest BCUT2D eigenvalue weighted by Gasteiger charge is -2.29. The third-order valence-corrected chi connectivity index (χ3v) is 6.26. The number of anilines is 1. The molecule has 154 valence electrons. The smallest absolute Gasteiger partial charge is 0.410 e. The zero-order chi connectivity index (χ0) is 20.5. The van der Waals surface area contributed by atoms with Gasteiger partial charge in [0.2, 0.25) is 0 Å². The van der Waals surface area contributed by atoms with Gasteiger partial charge in [0.15, 0.2) is 0 Å². The molecule has 1 aromatic heterocycles. The second kappa shape index (κ2) is 7.82. The van der Waals surface area contributed by atoms with Crippen molar-refractivity contribution in [2.75, 3.05) is 32.7 Å². The fourth-order valence-corrected chi connectivity index (χ4v) is 5.00. The van der Waals surface area contributed by atoms with Crippen molar-refractivity contribution in [3.8, 4) is 11.5 Å². The lowest BCUT2D eigenvalue weighted by Crippen LogP contribution is -2.39. The average molecular weight is 417 g/mol. The van der Waals surface area contributed by atoms with Gasteiger partial charge < -0.3 is 29.7 Å². The summed E-state index contributed by atoms with van der Waals surface area (Å²) in [5.74, 6) is 1.20. The molecule has 8 nitrogen and oxygen atoms in total. The number of ether oxygens (including phenoxy) is 3. The van der Waals surface area contributed by atoms with E-state index in [1.165, 1.54) is 11.3 Å². The van der Waals surface area contributed by atoms with Crippen molar-refractivity contribution in [3.63, 3.8) is 0 Å². The first kappa shape index (κ1) is 19.4. The van der Waals surface area contributed by atoms with Gasteiger partial charge in [0.25, 0.3) is 5.91 Å². The highest BCUT2D eigenvalue weighted by atomic mass is 32.1. The Morgan fingerprint density at radius 3 is 2.83 bits per heavy atom. The Balaban J connectivity index is 1.63. The molecular formula is C20H23N3O5S. The van der Waals surface area contributed by atoms with E-state index in [0.717, 1.165) is 21.0 Å². The predicted octanol–water partition coefficient (Wildman–Crippen LogP) is 3.13. The van der Waals surface area contributed by atoms with E-state index in [2.05, 4.69) is 10.6 Å². The molecule has 0 aliphatic carbocycles. The number of hydrogen-bond acceptors (Lipinski definition) is 7. The van der Waals surface area contributed by atoms with Gasteiger partial charge in [-0.2, -0.15) is 0 Å². The fourth-order valence-electron chi connectivity index (χ4n) is 3.71. The Hall–Kier alpha value is -2.94. The molecule has 0 radical (unpaired) electrons. The van der Waals surface area contributed by atoms with Gasteiger partial charge in [0.1, 0.15) is 22.7 Å². The minimum Gasteiger partial charge on any atom is -0.497 e. The molecule has 0 saturated heterocycles. The van der Waals surface area contributed by atoms with Gasteiger partial charge in [-0.05, 0) is 37.1 Å². The summed E-state index contributed by atoms with van der Waals surface area (Å²) in [6.45, 7) is 3.12. The van der Waals surface area contributed by atoms with Crippen molar-refractivity contribution < 1.29 is 23.8 Å². The van der Waals surface area contributed by atoms with Crippen LogP contribution in [-0.2, 0) is 17.7 Å². The summed E-state index contributed by atoms with van der Waals surface area (Å²) in [4.78, 5) is 27.7. The van der Waals surface area contributed by atoms with Crippen LogP contribution < -0.4 is 20.1 Å². The first-order valence-corrected chi connectivity index (χ1v) is 10.2. The molecule has 2 N–H and O–H groups in total. The SMILES string of the molecule is CCOC(=O)N1CCc2c(sc3c2C(=O)N[C@@H](c2cc(OC)ccc2OC)N3)C1. The Bertz CT molecular complexity index is 958. The fraction of sp³-hybridized carbons (Fsp3) is 0.400. The minimum absolute atomic E-state index is 0.129. The Morgan fingerprint density at radius 1 is 1.28 bits per heavy atom. The Morgan fingerprint density at radius 2 is 2.10 bits per heavy atom. The molecular weight excluding hydrogens is 394 g/mol. The first-order chi connectivity index (χ1) is 14.0. The summed E-state index contributed by atoms with van der Waals surface area (Å²) in [6.07, 6.45) is -0.135. The van der Waals surface area contributed by atoms with Crippen LogP contribution in [0.15, 0.2) is 18.2 Å². The first-order valence-electron chi connectivity index (χ1n) is 9.41. The number of methoxy groups -OCH3 is 2. The highest BCUT2D eigenvalue weighted by Gasteiger charge is 2.35. The van der Waals surface area contributed by atoms with E-state index >= 15 is 0 Å². The molecule has 0 saturated carbocycles. The second-order valence-corrected chi connectivity index (χ2v) is 7.84. The third kappa shape index (κ3) is 3.46. The summed E-state index contributed by atoms with van der Waals surface area (Å²) in [7, 11) is 3.19. The van der Waals surface area contributed by atoms with E-state index in [9.17, 15) is 9.59 Å². The number of nitrogens with one attached hydrogen (secondary N) is 2. The molecule has 0 spiro atoms. The van der Waals surface area contributed by atoms with Crippen LogP contribution in [0.25, 0.3) is 0 Å². The lowest BCUT2D eigenvalue weighted by molar-refractivity contribution is 0.0933. The molecule has 2 aliphatic rings. The number of nitrogens with zero attached hydrogens (tertiary/aromatic N) is 1. The van der Waals surface area contributed by atoms with Gasteiger partial charge in [-0.1, -0.05) is 0 Å². The number of fused-ring (bicyclic) bond motifs is 3. The monoisotopic (exact) mass is 417 g/mol. The van der Waals surface area contributed by atoms with Gasteiger partial charge in [0, 0.05) is 17.0 Å². The lowest BCUT2D eigenvalue weighted by atomic mass is 10.0. The number of hydrogen-bond donors (Lipinski definition) is 2. The number of amides is 2. The van der Waals surface area contributed by atoms with Crippen molar-refractivity contribution in [2.24, 2.45) is 0 Å². The van der Waals surface area contributed by atoms with Gasteiger partial charge in [0.05, 0.1) is 32.9 Å². The normalized spacial score (nSPS) is 17.6. The van der Waals surface area contributed by atoms with Gasteiger partial charge in [-0.25, -0.2) is 4.79 Å². The molecule has 1 aromatic carbocycles. The van der Waals surface area contributed by atoms with Crippen molar-refractivity contribution in [3.05, 3.63) is 39.8 Å². The molecule has 0 fully saturated rings. The zero-order valence-corrected chi connectivity index (χ0v) is 17.4. The van der Waals surface area contributed by atoms with Crippen LogP contribution in [0.2, 0.25) is 0 Å². The Kier molecular flexibility index (Phi) is 5.23. The summed E-state index contributed by atoms with van der Waals surface area (Å²) < 4.78 is 15.9. The summed E-state index contributed by atoms with van der Waals surface area (Å²) in [5.41, 5.74) is 2.46. The predicted molar refractivity (Wildman–Crippen MR) is 109 cm³/mol. The van der Waals surface area contributed by atoms with Crippen LogP contribution in [0.1, 0.15) is 39.5 Å². The summed E-state index contributed by atoms with van der Waals surface area (Å²) >= 11 is 1.51. The highest BCUT2D eigenvalue weighted by molar-refractivity contribution is 7.16. The standard InChI is InChI=1S/C20H23N3O5S/c1-4-28-20(25)23-8-7-12-15(10-23)29-19-16(12)18(24)21-17(22-19)13-9-11(26-2)5-6-14(13)27-3/h5-6,9,17,22H,4,7-8,10H2,1-3H3,(H,21,24)/t17-/m1/s1. The molecule has 29 heavy (non-hydrogen) atoms. The topological polar surface area (TPSA) is 89.1 Å². The van der Waals surface area contributed by atoms with Crippen molar-refractivity contribution in [1.29, 1.82) is 0 Å². The minimum atomic E-state index is -0.443. The summed E-state index contributed by atoms with van der Waals surface area (Å²) in [5, 5.41) is 7.24. The number of thiophene rings is 1. The van der Waals surface area contributed by atoms with Crippen LogP contribution in [0, 0.1) is 0 Å². The van der Waals surface area contributed by atoms with Crippen molar-refractivity contribution in [1.82, 2.24) is 10.2 Å². The van der Waals surface area contributed by atoms with Crippen LogP contribution in [0.5, 0.6) is 11.5 Å². The van der Waals surface area contributed by atoms with Crippen LogP contribution in [0.3, 0.4) is 0 Å². The molecule has 4 rings (SSSR count). The largest absolute Gasteiger partial charge is 0.497 e. The molecule has 2 amide bonds. The van der Waals surface area contributed by atoms with Gasteiger partial charge in [-0.3, -0.25) is 4.79 Å². The van der Waals surface area contributed by atoms with E-state index in [0.29, 0.717) is 43.2 Å².